The van der Waals surface area contributed by atoms with Gasteiger partial charge in [-0.25, -0.2) is 0 Å². The molecule has 3 aromatic rings. The van der Waals surface area contributed by atoms with E-state index in [0.29, 0.717) is 40.5 Å². The van der Waals surface area contributed by atoms with E-state index in [1.807, 2.05) is 29.7 Å². The van der Waals surface area contributed by atoms with E-state index in [1.165, 1.54) is 11.8 Å². The van der Waals surface area contributed by atoms with E-state index in [-0.39, 0.29) is 29.5 Å². The number of hydrogen-bond acceptors (Lipinski definition) is 5. The van der Waals surface area contributed by atoms with Crippen molar-refractivity contribution >= 4 is 56.8 Å². The standard InChI is InChI=1S/C27H33BrClN5O2S/c1-6-34-25(23(13-16(2)3)31-26(36)19-9-7-8-10-21(19)29)32-33-27(34)37-15-24(35)30-22-12-11-18(28)14-20(22)17(4)5/h7-12,14,16-17,23H,6,13,15H2,1-5H3,(H,30,35)(H,31,36)/t23-/m0/s1. The Labute approximate surface area is 236 Å². The van der Waals surface area contributed by atoms with E-state index in [1.54, 1.807) is 24.3 Å². The highest BCUT2D eigenvalue weighted by molar-refractivity contribution is 9.10. The summed E-state index contributed by atoms with van der Waals surface area (Å²) in [4.78, 5) is 25.8. The fourth-order valence-electron chi connectivity index (χ4n) is 3.98. The second-order valence-corrected chi connectivity index (χ2v) is 11.7. The van der Waals surface area contributed by atoms with Crippen molar-refractivity contribution in [1.82, 2.24) is 20.1 Å². The number of rotatable bonds is 11. The number of benzene rings is 2. The molecule has 37 heavy (non-hydrogen) atoms. The molecule has 2 aromatic carbocycles. The quantitative estimate of drug-likeness (QED) is 0.228. The largest absolute Gasteiger partial charge is 0.342 e. The molecule has 2 amide bonds. The summed E-state index contributed by atoms with van der Waals surface area (Å²) in [6.07, 6.45) is 0.682. The van der Waals surface area contributed by atoms with Crippen LogP contribution in [0, 0.1) is 5.92 Å². The zero-order valence-electron chi connectivity index (χ0n) is 21.7. The summed E-state index contributed by atoms with van der Waals surface area (Å²) >= 11 is 11.1. The zero-order valence-corrected chi connectivity index (χ0v) is 24.9. The first kappa shape index (κ1) is 29.2. The summed E-state index contributed by atoms with van der Waals surface area (Å²) in [5.41, 5.74) is 2.29. The molecule has 1 atom stereocenters. The van der Waals surface area contributed by atoms with Crippen molar-refractivity contribution in [2.75, 3.05) is 11.1 Å². The van der Waals surface area contributed by atoms with Crippen molar-refractivity contribution in [3.05, 3.63) is 68.9 Å². The lowest BCUT2D eigenvalue weighted by atomic mass is 10.0. The molecule has 0 aliphatic heterocycles. The molecule has 1 aromatic heterocycles. The molecule has 0 spiro atoms. The maximum atomic E-state index is 13.0. The highest BCUT2D eigenvalue weighted by Crippen LogP contribution is 2.29. The third-order valence-corrected chi connectivity index (χ3v) is 7.54. The van der Waals surface area contributed by atoms with Crippen LogP contribution in [0.3, 0.4) is 0 Å². The van der Waals surface area contributed by atoms with Gasteiger partial charge in [0.2, 0.25) is 5.91 Å². The molecular formula is C27H33BrClN5O2S. The summed E-state index contributed by atoms with van der Waals surface area (Å²) in [6, 6.07) is 12.5. The predicted molar refractivity (Wildman–Crippen MR) is 154 cm³/mol. The Kier molecular flexibility index (Phi) is 10.6. The Bertz CT molecular complexity index is 1250. The molecule has 10 heteroatoms. The summed E-state index contributed by atoms with van der Waals surface area (Å²) < 4.78 is 2.93. The number of carbonyl (C=O) groups is 2. The lowest BCUT2D eigenvalue weighted by molar-refractivity contribution is -0.113. The average molecular weight is 607 g/mol. The van der Waals surface area contributed by atoms with Gasteiger partial charge in [-0.05, 0) is 61.1 Å². The maximum Gasteiger partial charge on any atom is 0.253 e. The lowest BCUT2D eigenvalue weighted by Crippen LogP contribution is -2.31. The Morgan fingerprint density at radius 1 is 1.11 bits per heavy atom. The van der Waals surface area contributed by atoms with Crippen LogP contribution in [0.25, 0.3) is 0 Å². The van der Waals surface area contributed by atoms with Gasteiger partial charge in [0.15, 0.2) is 11.0 Å². The molecule has 0 saturated heterocycles. The van der Waals surface area contributed by atoms with E-state index in [4.69, 9.17) is 11.6 Å². The van der Waals surface area contributed by atoms with Gasteiger partial charge in [0.25, 0.3) is 5.91 Å². The van der Waals surface area contributed by atoms with E-state index >= 15 is 0 Å². The van der Waals surface area contributed by atoms with Gasteiger partial charge in [0.1, 0.15) is 0 Å². The zero-order chi connectivity index (χ0) is 27.1. The number of halogens is 2. The maximum absolute atomic E-state index is 13.0. The second-order valence-electron chi connectivity index (χ2n) is 9.44. The van der Waals surface area contributed by atoms with Crippen molar-refractivity contribution in [2.45, 2.75) is 64.7 Å². The number of amides is 2. The topological polar surface area (TPSA) is 88.9 Å². The molecule has 7 nitrogen and oxygen atoms in total. The number of aromatic nitrogens is 3. The molecule has 0 aliphatic carbocycles. The van der Waals surface area contributed by atoms with Gasteiger partial charge in [-0.1, -0.05) is 79.1 Å². The number of anilines is 1. The molecule has 0 fully saturated rings. The number of hydrogen-bond donors (Lipinski definition) is 2. The molecule has 198 valence electrons. The molecular weight excluding hydrogens is 574 g/mol. The van der Waals surface area contributed by atoms with E-state index < -0.39 is 0 Å². The fourth-order valence-corrected chi connectivity index (χ4v) is 5.39. The molecule has 0 radical (unpaired) electrons. The Morgan fingerprint density at radius 2 is 1.84 bits per heavy atom. The number of nitrogens with zero attached hydrogens (tertiary/aromatic N) is 3. The summed E-state index contributed by atoms with van der Waals surface area (Å²) in [7, 11) is 0. The van der Waals surface area contributed by atoms with Crippen LogP contribution in [0.4, 0.5) is 5.69 Å². The van der Waals surface area contributed by atoms with Crippen LogP contribution in [0.1, 0.15) is 74.7 Å². The van der Waals surface area contributed by atoms with Crippen LogP contribution >= 0.6 is 39.3 Å². The summed E-state index contributed by atoms with van der Waals surface area (Å²) in [5.74, 6) is 1.05. The Morgan fingerprint density at radius 3 is 2.49 bits per heavy atom. The highest BCUT2D eigenvalue weighted by atomic mass is 79.9. The number of carbonyl (C=O) groups excluding carboxylic acids is 2. The van der Waals surface area contributed by atoms with Gasteiger partial charge in [-0.15, -0.1) is 10.2 Å². The minimum absolute atomic E-state index is 0.118. The normalized spacial score (nSPS) is 12.1. The van der Waals surface area contributed by atoms with E-state index in [0.717, 1.165) is 15.7 Å². The highest BCUT2D eigenvalue weighted by Gasteiger charge is 2.25. The van der Waals surface area contributed by atoms with Crippen molar-refractivity contribution in [3.63, 3.8) is 0 Å². The van der Waals surface area contributed by atoms with Crippen molar-refractivity contribution in [3.8, 4) is 0 Å². The van der Waals surface area contributed by atoms with Gasteiger partial charge < -0.3 is 15.2 Å². The summed E-state index contributed by atoms with van der Waals surface area (Å²) in [6.45, 7) is 11.0. The van der Waals surface area contributed by atoms with Gasteiger partial charge >= 0.3 is 0 Å². The van der Waals surface area contributed by atoms with Crippen LogP contribution < -0.4 is 10.6 Å². The first-order valence-electron chi connectivity index (χ1n) is 12.3. The minimum Gasteiger partial charge on any atom is -0.342 e. The predicted octanol–water partition coefficient (Wildman–Crippen LogP) is 7.09. The van der Waals surface area contributed by atoms with Crippen molar-refractivity contribution in [1.29, 1.82) is 0 Å². The Hall–Kier alpha value is -2.36. The second kappa shape index (κ2) is 13.4. The molecule has 1 heterocycles. The molecule has 0 unspecified atom stereocenters. The molecule has 3 rings (SSSR count). The molecule has 0 bridgehead atoms. The van der Waals surface area contributed by atoms with Crippen LogP contribution in [0.2, 0.25) is 5.02 Å². The molecule has 2 N–H and O–H groups in total. The SMILES string of the molecule is CCn1c(SCC(=O)Nc2ccc(Br)cc2C(C)C)nnc1[C@H](CC(C)C)NC(=O)c1ccccc1Cl. The van der Waals surface area contributed by atoms with Crippen LogP contribution in [-0.4, -0.2) is 32.3 Å². The van der Waals surface area contributed by atoms with Crippen molar-refractivity contribution < 1.29 is 9.59 Å². The number of nitrogens with one attached hydrogen (secondary N) is 2. The summed E-state index contributed by atoms with van der Waals surface area (Å²) in [5, 5.41) is 15.9. The van der Waals surface area contributed by atoms with E-state index in [9.17, 15) is 9.59 Å². The van der Waals surface area contributed by atoms with Gasteiger partial charge in [-0.2, -0.15) is 0 Å². The third kappa shape index (κ3) is 7.82. The number of thioether (sulfide) groups is 1. The molecule has 0 aliphatic rings. The first-order chi connectivity index (χ1) is 17.6. The van der Waals surface area contributed by atoms with Crippen LogP contribution in [0.5, 0.6) is 0 Å². The monoisotopic (exact) mass is 605 g/mol. The Balaban J connectivity index is 1.75. The third-order valence-electron chi connectivity index (χ3n) is 5.75. The smallest absolute Gasteiger partial charge is 0.253 e. The fraction of sp³-hybridized carbons (Fsp3) is 0.407. The molecule has 0 saturated carbocycles. The van der Waals surface area contributed by atoms with E-state index in [2.05, 4.69) is 64.5 Å². The lowest BCUT2D eigenvalue weighted by Gasteiger charge is -2.21. The first-order valence-corrected chi connectivity index (χ1v) is 14.5. The van der Waals surface area contributed by atoms with Gasteiger partial charge in [-0.3, -0.25) is 9.59 Å². The van der Waals surface area contributed by atoms with Crippen molar-refractivity contribution in [2.24, 2.45) is 5.92 Å². The van der Waals surface area contributed by atoms with Gasteiger partial charge in [0, 0.05) is 16.7 Å². The minimum atomic E-state index is -0.351. The van der Waals surface area contributed by atoms with Crippen LogP contribution in [0.15, 0.2) is 52.1 Å². The van der Waals surface area contributed by atoms with Crippen LogP contribution in [-0.2, 0) is 11.3 Å². The van der Waals surface area contributed by atoms with Gasteiger partial charge in [0.05, 0.1) is 22.4 Å². The average Bonchev–Trinajstić information content (AvgIpc) is 3.26.